The van der Waals surface area contributed by atoms with Crippen molar-refractivity contribution in [1.29, 1.82) is 0 Å². The van der Waals surface area contributed by atoms with Crippen LogP contribution in [0.1, 0.15) is 25.0 Å². The molecule has 0 aliphatic carbocycles. The zero-order valence-electron chi connectivity index (χ0n) is 11.7. The molecule has 0 radical (unpaired) electrons. The van der Waals surface area contributed by atoms with E-state index >= 15 is 0 Å². The molecule has 102 valence electrons. The Labute approximate surface area is 119 Å². The van der Waals surface area contributed by atoms with Gasteiger partial charge in [-0.1, -0.05) is 74.5 Å². The second-order valence-corrected chi connectivity index (χ2v) is 4.98. The van der Waals surface area contributed by atoms with E-state index in [4.69, 9.17) is 0 Å². The van der Waals surface area contributed by atoms with Gasteiger partial charge in [-0.15, -0.1) is 0 Å². The number of carbonyl (C=O) groups is 1. The number of carboxylic acids is 1. The van der Waals surface area contributed by atoms with E-state index in [0.29, 0.717) is 5.57 Å². The Hall–Kier alpha value is -2.35. The van der Waals surface area contributed by atoms with Gasteiger partial charge in [0.15, 0.2) is 0 Å². The SMILES string of the molecule is CC(C)C(C(=O)O)=C(c1ccccc1)c1ccccc1. The van der Waals surface area contributed by atoms with Crippen molar-refractivity contribution in [1.82, 2.24) is 0 Å². The molecule has 0 fully saturated rings. The van der Waals surface area contributed by atoms with Crippen molar-refractivity contribution >= 4 is 11.5 Å². The van der Waals surface area contributed by atoms with Crippen molar-refractivity contribution in [2.45, 2.75) is 13.8 Å². The van der Waals surface area contributed by atoms with E-state index in [1.807, 2.05) is 74.5 Å². The monoisotopic (exact) mass is 266 g/mol. The van der Waals surface area contributed by atoms with Crippen molar-refractivity contribution in [3.63, 3.8) is 0 Å². The van der Waals surface area contributed by atoms with Gasteiger partial charge in [-0.3, -0.25) is 0 Å². The van der Waals surface area contributed by atoms with Crippen LogP contribution >= 0.6 is 0 Å². The molecular formula is C18H18O2. The van der Waals surface area contributed by atoms with Crippen LogP contribution in [-0.2, 0) is 4.79 Å². The van der Waals surface area contributed by atoms with Crippen molar-refractivity contribution in [3.8, 4) is 0 Å². The molecule has 2 aromatic rings. The molecular weight excluding hydrogens is 248 g/mol. The lowest BCUT2D eigenvalue weighted by Gasteiger charge is -2.16. The molecule has 0 aliphatic rings. The number of hydrogen-bond acceptors (Lipinski definition) is 1. The Kier molecular flexibility index (Phi) is 4.36. The Morgan fingerprint density at radius 3 is 1.55 bits per heavy atom. The fourth-order valence-corrected chi connectivity index (χ4v) is 2.33. The second-order valence-electron chi connectivity index (χ2n) is 4.98. The molecule has 1 N–H and O–H groups in total. The van der Waals surface area contributed by atoms with Gasteiger partial charge >= 0.3 is 5.97 Å². The van der Waals surface area contributed by atoms with E-state index in [0.717, 1.165) is 16.7 Å². The van der Waals surface area contributed by atoms with Gasteiger partial charge in [0.1, 0.15) is 0 Å². The molecule has 0 atom stereocenters. The Balaban J connectivity index is 2.74. The summed E-state index contributed by atoms with van der Waals surface area (Å²) in [5.74, 6) is -0.911. The minimum Gasteiger partial charge on any atom is -0.478 e. The van der Waals surface area contributed by atoms with E-state index < -0.39 is 5.97 Å². The van der Waals surface area contributed by atoms with E-state index in [1.54, 1.807) is 0 Å². The lowest BCUT2D eigenvalue weighted by atomic mass is 9.88. The first kappa shape index (κ1) is 14.1. The van der Waals surface area contributed by atoms with Crippen molar-refractivity contribution in [2.24, 2.45) is 5.92 Å². The summed E-state index contributed by atoms with van der Waals surface area (Å²) in [6, 6.07) is 19.4. The molecule has 0 spiro atoms. The molecule has 0 amide bonds. The van der Waals surface area contributed by atoms with Crippen LogP contribution in [0, 0.1) is 5.92 Å². The average molecular weight is 266 g/mol. The molecule has 0 saturated carbocycles. The first-order valence-corrected chi connectivity index (χ1v) is 6.69. The zero-order valence-corrected chi connectivity index (χ0v) is 11.7. The summed E-state index contributed by atoms with van der Waals surface area (Å²) in [6.07, 6.45) is 0. The highest BCUT2D eigenvalue weighted by Crippen LogP contribution is 2.30. The largest absolute Gasteiger partial charge is 0.478 e. The summed E-state index contributed by atoms with van der Waals surface area (Å²) >= 11 is 0. The van der Waals surface area contributed by atoms with Crippen LogP contribution in [0.2, 0.25) is 0 Å². The third kappa shape index (κ3) is 2.97. The maximum absolute atomic E-state index is 11.7. The minimum atomic E-state index is -0.859. The third-order valence-electron chi connectivity index (χ3n) is 3.20. The molecule has 2 nitrogen and oxygen atoms in total. The smallest absolute Gasteiger partial charge is 0.332 e. The molecule has 2 aromatic carbocycles. The fourth-order valence-electron chi connectivity index (χ4n) is 2.33. The predicted octanol–water partition coefficient (Wildman–Crippen LogP) is 4.23. The molecule has 0 unspecified atom stereocenters. The highest BCUT2D eigenvalue weighted by Gasteiger charge is 2.20. The van der Waals surface area contributed by atoms with Gasteiger partial charge in [0.25, 0.3) is 0 Å². The lowest BCUT2D eigenvalue weighted by molar-refractivity contribution is -0.133. The average Bonchev–Trinajstić information content (AvgIpc) is 2.45. The lowest BCUT2D eigenvalue weighted by Crippen LogP contribution is -2.11. The summed E-state index contributed by atoms with van der Waals surface area (Å²) in [6.45, 7) is 3.82. The number of rotatable bonds is 4. The Morgan fingerprint density at radius 1 is 0.850 bits per heavy atom. The summed E-state index contributed by atoms with van der Waals surface area (Å²) in [4.78, 5) is 11.7. The summed E-state index contributed by atoms with van der Waals surface area (Å²) < 4.78 is 0. The van der Waals surface area contributed by atoms with Gasteiger partial charge in [-0.2, -0.15) is 0 Å². The van der Waals surface area contributed by atoms with Gasteiger partial charge in [0.05, 0.1) is 0 Å². The minimum absolute atomic E-state index is 0.0529. The molecule has 0 heterocycles. The van der Waals surface area contributed by atoms with E-state index in [1.165, 1.54) is 0 Å². The first-order valence-electron chi connectivity index (χ1n) is 6.69. The zero-order chi connectivity index (χ0) is 14.5. The summed E-state index contributed by atoms with van der Waals surface area (Å²) in [7, 11) is 0. The van der Waals surface area contributed by atoms with Crippen LogP contribution in [0.5, 0.6) is 0 Å². The molecule has 0 aliphatic heterocycles. The second kappa shape index (κ2) is 6.20. The highest BCUT2D eigenvalue weighted by atomic mass is 16.4. The van der Waals surface area contributed by atoms with Gasteiger partial charge in [-0.05, 0) is 22.6 Å². The highest BCUT2D eigenvalue weighted by molar-refractivity contribution is 6.01. The molecule has 0 bridgehead atoms. The van der Waals surface area contributed by atoms with Gasteiger partial charge in [0.2, 0.25) is 0 Å². The quantitative estimate of drug-likeness (QED) is 0.841. The van der Waals surface area contributed by atoms with Gasteiger partial charge in [-0.25, -0.2) is 4.79 Å². The number of carboxylic acid groups (broad SMARTS) is 1. The predicted molar refractivity (Wildman–Crippen MR) is 81.4 cm³/mol. The van der Waals surface area contributed by atoms with Crippen LogP contribution < -0.4 is 0 Å². The fraction of sp³-hybridized carbons (Fsp3) is 0.167. The van der Waals surface area contributed by atoms with Crippen LogP contribution in [0.4, 0.5) is 0 Å². The van der Waals surface area contributed by atoms with Crippen LogP contribution in [0.25, 0.3) is 5.57 Å². The molecule has 2 rings (SSSR count). The summed E-state index contributed by atoms with van der Waals surface area (Å²) in [5.41, 5.74) is 3.12. The van der Waals surface area contributed by atoms with Crippen LogP contribution in [-0.4, -0.2) is 11.1 Å². The van der Waals surface area contributed by atoms with Crippen LogP contribution in [0.15, 0.2) is 66.2 Å². The maximum Gasteiger partial charge on any atom is 0.332 e. The number of hydrogen-bond donors (Lipinski definition) is 1. The molecule has 20 heavy (non-hydrogen) atoms. The molecule has 0 aromatic heterocycles. The first-order chi connectivity index (χ1) is 9.61. The Morgan fingerprint density at radius 2 is 1.25 bits per heavy atom. The van der Waals surface area contributed by atoms with E-state index in [9.17, 15) is 9.90 Å². The maximum atomic E-state index is 11.7. The third-order valence-corrected chi connectivity index (χ3v) is 3.20. The molecule has 2 heteroatoms. The van der Waals surface area contributed by atoms with Crippen LogP contribution in [0.3, 0.4) is 0 Å². The van der Waals surface area contributed by atoms with E-state index in [-0.39, 0.29) is 5.92 Å². The van der Waals surface area contributed by atoms with Gasteiger partial charge in [0, 0.05) is 5.57 Å². The van der Waals surface area contributed by atoms with Gasteiger partial charge < -0.3 is 5.11 Å². The molecule has 0 saturated heterocycles. The number of benzene rings is 2. The van der Waals surface area contributed by atoms with Crippen molar-refractivity contribution in [2.75, 3.05) is 0 Å². The summed E-state index contributed by atoms with van der Waals surface area (Å²) in [5, 5.41) is 9.58. The standard InChI is InChI=1S/C18H18O2/c1-13(2)16(18(19)20)17(14-9-5-3-6-10-14)15-11-7-4-8-12-15/h3-13H,1-2H3,(H,19,20). The normalized spacial score (nSPS) is 10.3. The van der Waals surface area contributed by atoms with Crippen molar-refractivity contribution in [3.05, 3.63) is 77.4 Å². The van der Waals surface area contributed by atoms with E-state index in [2.05, 4.69) is 0 Å². The topological polar surface area (TPSA) is 37.3 Å². The Bertz CT molecular complexity index is 569. The number of aliphatic carboxylic acids is 1. The van der Waals surface area contributed by atoms with Crippen molar-refractivity contribution < 1.29 is 9.90 Å².